The Bertz CT molecular complexity index is 809. The predicted molar refractivity (Wildman–Crippen MR) is 88.3 cm³/mol. The van der Waals surface area contributed by atoms with Crippen molar-refractivity contribution in [1.29, 1.82) is 0 Å². The van der Waals surface area contributed by atoms with Crippen LogP contribution in [0.4, 0.5) is 5.69 Å². The second-order valence-electron chi connectivity index (χ2n) is 4.79. The average Bonchev–Trinajstić information content (AvgIpc) is 2.53. The van der Waals surface area contributed by atoms with Gasteiger partial charge < -0.3 is 10.4 Å². The summed E-state index contributed by atoms with van der Waals surface area (Å²) in [7, 11) is 1.82. The fourth-order valence-electron chi connectivity index (χ4n) is 2.19. The maximum absolute atomic E-state index is 9.96. The molecule has 0 radical (unpaired) electrons. The lowest BCUT2D eigenvalue weighted by atomic mass is 10.1. The van der Waals surface area contributed by atoms with E-state index < -0.39 is 0 Å². The van der Waals surface area contributed by atoms with Gasteiger partial charge in [-0.3, -0.25) is 0 Å². The van der Waals surface area contributed by atoms with Crippen molar-refractivity contribution in [3.63, 3.8) is 0 Å². The van der Waals surface area contributed by atoms with Crippen LogP contribution in [-0.4, -0.2) is 17.1 Å². The first-order valence-corrected chi connectivity index (χ1v) is 6.81. The summed E-state index contributed by atoms with van der Waals surface area (Å²) in [6.45, 7) is 0. The molecule has 21 heavy (non-hydrogen) atoms. The van der Waals surface area contributed by atoms with Crippen LogP contribution in [0.25, 0.3) is 23.1 Å². The molecule has 0 unspecified atom stereocenters. The summed E-state index contributed by atoms with van der Waals surface area (Å²) in [5, 5.41) is 14.1. The van der Waals surface area contributed by atoms with Gasteiger partial charge in [0.15, 0.2) is 0 Å². The molecule has 0 aliphatic rings. The van der Waals surface area contributed by atoms with Crippen molar-refractivity contribution in [1.82, 2.24) is 4.98 Å². The Morgan fingerprint density at radius 2 is 1.86 bits per heavy atom. The Morgan fingerprint density at radius 3 is 2.67 bits per heavy atom. The molecule has 0 amide bonds. The fraction of sp³-hybridized carbons (Fsp3) is 0.0556. The SMILES string of the molecule is CNc1ccc(C=Cc2ccc3ccccc3n2)c(O)c1. The number of pyridine rings is 1. The van der Waals surface area contributed by atoms with Crippen molar-refractivity contribution in [2.75, 3.05) is 12.4 Å². The maximum atomic E-state index is 9.96. The van der Waals surface area contributed by atoms with Gasteiger partial charge in [-0.1, -0.05) is 24.3 Å². The molecule has 3 heteroatoms. The monoisotopic (exact) mass is 276 g/mol. The molecular weight excluding hydrogens is 260 g/mol. The third kappa shape index (κ3) is 2.87. The Labute approximate surface area is 123 Å². The summed E-state index contributed by atoms with van der Waals surface area (Å²) < 4.78 is 0. The van der Waals surface area contributed by atoms with E-state index in [0.717, 1.165) is 27.8 Å². The molecular formula is C18H16N2O. The van der Waals surface area contributed by atoms with Gasteiger partial charge in [0.25, 0.3) is 0 Å². The normalized spacial score (nSPS) is 11.1. The molecule has 1 heterocycles. The number of nitrogens with one attached hydrogen (secondary N) is 1. The van der Waals surface area contributed by atoms with Crippen molar-refractivity contribution in [3.05, 3.63) is 65.9 Å². The molecule has 2 N–H and O–H groups in total. The summed E-state index contributed by atoms with van der Waals surface area (Å²) in [6.07, 6.45) is 3.77. The standard InChI is InChI=1S/C18H16N2O/c1-19-16-11-8-14(18(21)12-16)7-10-15-9-6-13-4-2-3-5-17(13)20-15/h2-12,19,21H,1H3. The van der Waals surface area contributed by atoms with Gasteiger partial charge in [0.1, 0.15) is 5.75 Å². The summed E-state index contributed by atoms with van der Waals surface area (Å²) in [5.74, 6) is 0.249. The van der Waals surface area contributed by atoms with Crippen LogP contribution in [-0.2, 0) is 0 Å². The number of nitrogens with zero attached hydrogens (tertiary/aromatic N) is 1. The van der Waals surface area contributed by atoms with E-state index in [1.54, 1.807) is 6.07 Å². The molecule has 3 aromatic rings. The van der Waals surface area contributed by atoms with Crippen LogP contribution in [0.5, 0.6) is 5.75 Å². The summed E-state index contributed by atoms with van der Waals surface area (Å²) in [4.78, 5) is 4.57. The van der Waals surface area contributed by atoms with E-state index in [0.29, 0.717) is 0 Å². The van der Waals surface area contributed by atoms with Gasteiger partial charge in [-0.25, -0.2) is 4.98 Å². The van der Waals surface area contributed by atoms with Gasteiger partial charge in [-0.05, 0) is 36.4 Å². The largest absolute Gasteiger partial charge is 0.507 e. The van der Waals surface area contributed by atoms with Crippen LogP contribution in [0.2, 0.25) is 0 Å². The Hall–Kier alpha value is -2.81. The van der Waals surface area contributed by atoms with Crippen molar-refractivity contribution in [2.45, 2.75) is 0 Å². The number of hydrogen-bond donors (Lipinski definition) is 2. The summed E-state index contributed by atoms with van der Waals surface area (Å²) in [6, 6.07) is 17.5. The molecule has 0 saturated heterocycles. The van der Waals surface area contributed by atoms with Crippen molar-refractivity contribution < 1.29 is 5.11 Å². The van der Waals surface area contributed by atoms with Gasteiger partial charge >= 0.3 is 0 Å². The van der Waals surface area contributed by atoms with Crippen LogP contribution < -0.4 is 5.32 Å². The number of phenols is 1. The van der Waals surface area contributed by atoms with E-state index in [9.17, 15) is 5.11 Å². The molecule has 2 aromatic carbocycles. The average molecular weight is 276 g/mol. The van der Waals surface area contributed by atoms with E-state index in [1.807, 2.05) is 67.7 Å². The zero-order valence-electron chi connectivity index (χ0n) is 11.7. The topological polar surface area (TPSA) is 45.2 Å². The second-order valence-corrected chi connectivity index (χ2v) is 4.79. The Morgan fingerprint density at radius 1 is 1.00 bits per heavy atom. The van der Waals surface area contributed by atoms with Crippen LogP contribution in [0.1, 0.15) is 11.3 Å². The van der Waals surface area contributed by atoms with E-state index in [2.05, 4.69) is 10.3 Å². The highest BCUT2D eigenvalue weighted by Gasteiger charge is 1.99. The molecule has 0 atom stereocenters. The Balaban J connectivity index is 1.90. The fourth-order valence-corrected chi connectivity index (χ4v) is 2.19. The second kappa shape index (κ2) is 5.67. The van der Waals surface area contributed by atoms with Crippen molar-refractivity contribution in [2.24, 2.45) is 0 Å². The molecule has 0 aliphatic heterocycles. The lowest BCUT2D eigenvalue weighted by Gasteiger charge is -2.03. The van der Waals surface area contributed by atoms with E-state index in [-0.39, 0.29) is 5.75 Å². The first kappa shape index (κ1) is 13.2. The molecule has 0 spiro atoms. The van der Waals surface area contributed by atoms with Gasteiger partial charge in [0.05, 0.1) is 11.2 Å². The molecule has 0 fully saturated rings. The molecule has 3 rings (SSSR count). The molecule has 3 nitrogen and oxygen atoms in total. The molecule has 1 aromatic heterocycles. The number of rotatable bonds is 3. The van der Waals surface area contributed by atoms with Gasteiger partial charge in [-0.15, -0.1) is 0 Å². The van der Waals surface area contributed by atoms with Gasteiger partial charge in [0, 0.05) is 29.8 Å². The number of aromatic hydroxyl groups is 1. The smallest absolute Gasteiger partial charge is 0.124 e. The van der Waals surface area contributed by atoms with Gasteiger partial charge in [0.2, 0.25) is 0 Å². The predicted octanol–water partition coefficient (Wildman–Crippen LogP) is 4.15. The van der Waals surface area contributed by atoms with Crippen molar-refractivity contribution in [3.8, 4) is 5.75 Å². The molecule has 104 valence electrons. The third-order valence-corrected chi connectivity index (χ3v) is 3.37. The van der Waals surface area contributed by atoms with Crippen LogP contribution in [0.3, 0.4) is 0 Å². The van der Waals surface area contributed by atoms with E-state index in [1.165, 1.54) is 0 Å². The minimum atomic E-state index is 0.249. The van der Waals surface area contributed by atoms with Crippen LogP contribution >= 0.6 is 0 Å². The number of anilines is 1. The number of phenolic OH excluding ortho intramolecular Hbond substituents is 1. The number of benzene rings is 2. The number of hydrogen-bond acceptors (Lipinski definition) is 3. The van der Waals surface area contributed by atoms with E-state index in [4.69, 9.17) is 0 Å². The molecule has 0 bridgehead atoms. The molecule has 0 aliphatic carbocycles. The lowest BCUT2D eigenvalue weighted by molar-refractivity contribution is 0.474. The maximum Gasteiger partial charge on any atom is 0.124 e. The highest BCUT2D eigenvalue weighted by atomic mass is 16.3. The third-order valence-electron chi connectivity index (χ3n) is 3.37. The zero-order valence-corrected chi connectivity index (χ0v) is 11.7. The van der Waals surface area contributed by atoms with Crippen LogP contribution in [0, 0.1) is 0 Å². The van der Waals surface area contributed by atoms with Gasteiger partial charge in [-0.2, -0.15) is 0 Å². The van der Waals surface area contributed by atoms with Crippen LogP contribution in [0.15, 0.2) is 54.6 Å². The van der Waals surface area contributed by atoms with E-state index >= 15 is 0 Å². The lowest BCUT2D eigenvalue weighted by Crippen LogP contribution is -1.87. The first-order valence-electron chi connectivity index (χ1n) is 6.81. The minimum absolute atomic E-state index is 0.249. The van der Waals surface area contributed by atoms with Crippen molar-refractivity contribution >= 4 is 28.7 Å². The highest BCUT2D eigenvalue weighted by Crippen LogP contribution is 2.23. The summed E-state index contributed by atoms with van der Waals surface area (Å²) >= 11 is 0. The first-order chi connectivity index (χ1) is 10.3. The highest BCUT2D eigenvalue weighted by molar-refractivity contribution is 5.81. The number of para-hydroxylation sites is 1. The number of fused-ring (bicyclic) bond motifs is 1. The quantitative estimate of drug-likeness (QED) is 0.755. The minimum Gasteiger partial charge on any atom is -0.507 e. The summed E-state index contributed by atoms with van der Waals surface area (Å²) in [5.41, 5.74) is 3.48. The zero-order chi connectivity index (χ0) is 14.7. The Kier molecular flexibility index (Phi) is 3.56. The molecule has 0 saturated carbocycles. The number of aromatic nitrogens is 1.